The van der Waals surface area contributed by atoms with Gasteiger partial charge in [0.2, 0.25) is 5.13 Å². The van der Waals surface area contributed by atoms with E-state index in [0.717, 1.165) is 29.5 Å². The Morgan fingerprint density at radius 2 is 1.68 bits per heavy atom. The summed E-state index contributed by atoms with van der Waals surface area (Å²) in [5.41, 5.74) is 3.95. The number of ketones is 1. The van der Waals surface area contributed by atoms with Gasteiger partial charge in [0.05, 0.1) is 18.2 Å². The zero-order valence-corrected chi connectivity index (χ0v) is 30.4. The van der Waals surface area contributed by atoms with Gasteiger partial charge < -0.3 is 14.6 Å². The first-order valence-electron chi connectivity index (χ1n) is 15.9. The fourth-order valence-electron chi connectivity index (χ4n) is 5.40. The second-order valence-corrected chi connectivity index (χ2v) is 14.6. The number of carbonyl (C=O) groups excluding carboxylic acids is 2. The van der Waals surface area contributed by atoms with E-state index in [0.29, 0.717) is 56.0 Å². The van der Waals surface area contributed by atoms with E-state index in [4.69, 9.17) is 32.7 Å². The molecule has 12 heteroatoms. The average molecular weight is 747 g/mol. The number of unbranched alkanes of at least 4 members (excludes halogenated alkanes) is 1. The van der Waals surface area contributed by atoms with Crippen molar-refractivity contribution < 1.29 is 24.2 Å². The number of nitrogens with zero attached hydrogens (tertiary/aromatic N) is 3. The van der Waals surface area contributed by atoms with Crippen LogP contribution in [0, 0.1) is 6.92 Å². The number of aromatic nitrogens is 2. The molecule has 1 fully saturated rings. The molecule has 0 aliphatic carbocycles. The maximum atomic E-state index is 13.7. The molecular formula is C38H33Cl2N3O5S2. The van der Waals surface area contributed by atoms with E-state index in [9.17, 15) is 14.7 Å². The maximum Gasteiger partial charge on any atom is 0.301 e. The van der Waals surface area contributed by atoms with Crippen LogP contribution < -0.4 is 14.4 Å². The summed E-state index contributed by atoms with van der Waals surface area (Å²) in [4.78, 5) is 28.8. The van der Waals surface area contributed by atoms with Crippen molar-refractivity contribution >= 4 is 68.9 Å². The largest absolute Gasteiger partial charge is 0.507 e. The quantitative estimate of drug-likeness (QED) is 0.0318. The van der Waals surface area contributed by atoms with Crippen LogP contribution >= 0.6 is 46.3 Å². The van der Waals surface area contributed by atoms with Crippen LogP contribution in [-0.2, 0) is 21.9 Å². The Labute approximate surface area is 308 Å². The van der Waals surface area contributed by atoms with Crippen LogP contribution in [0.25, 0.3) is 5.76 Å². The van der Waals surface area contributed by atoms with Crippen LogP contribution in [-0.4, -0.2) is 33.6 Å². The Kier molecular flexibility index (Phi) is 11.4. The van der Waals surface area contributed by atoms with Gasteiger partial charge in [0.1, 0.15) is 23.9 Å². The molecule has 1 N–H and O–H groups in total. The number of aliphatic hydroxyl groups excluding tert-OH is 1. The van der Waals surface area contributed by atoms with Crippen LogP contribution in [0.4, 0.5) is 5.13 Å². The number of thioether (sulfide) groups is 1. The Balaban J connectivity index is 1.30. The van der Waals surface area contributed by atoms with Crippen molar-refractivity contribution in [2.75, 3.05) is 11.5 Å². The molecule has 1 atom stereocenters. The number of hydrogen-bond donors (Lipinski definition) is 1. The number of carbonyl (C=O) groups is 2. The number of ether oxygens (including phenoxy) is 2. The van der Waals surface area contributed by atoms with E-state index in [1.807, 2.05) is 31.2 Å². The zero-order chi connectivity index (χ0) is 35.2. The molecule has 1 saturated heterocycles. The molecule has 0 radical (unpaired) electrons. The van der Waals surface area contributed by atoms with E-state index >= 15 is 0 Å². The summed E-state index contributed by atoms with van der Waals surface area (Å²) in [6, 6.07) is 26.3. The summed E-state index contributed by atoms with van der Waals surface area (Å²) < 4.78 is 12.4. The molecule has 1 aromatic heterocycles. The van der Waals surface area contributed by atoms with Crippen LogP contribution in [0.1, 0.15) is 53.6 Å². The van der Waals surface area contributed by atoms with Crippen molar-refractivity contribution in [3.63, 3.8) is 0 Å². The number of benzene rings is 4. The molecule has 0 saturated carbocycles. The number of halogens is 2. The molecule has 50 heavy (non-hydrogen) atoms. The highest BCUT2D eigenvalue weighted by atomic mass is 35.5. The molecule has 5 aromatic rings. The number of Topliss-reactive ketones (excluding diaryl/α,β-unsaturated/α-hetero) is 1. The fraction of sp³-hybridized carbons (Fsp3) is 0.211. The molecule has 1 aliphatic heterocycles. The summed E-state index contributed by atoms with van der Waals surface area (Å²) in [6.07, 6.45) is 1.92. The molecule has 0 bridgehead atoms. The van der Waals surface area contributed by atoms with Gasteiger partial charge in [0.15, 0.2) is 4.34 Å². The van der Waals surface area contributed by atoms with Gasteiger partial charge >= 0.3 is 5.91 Å². The zero-order valence-electron chi connectivity index (χ0n) is 27.3. The summed E-state index contributed by atoms with van der Waals surface area (Å²) in [6.45, 7) is 5.07. The smallest absolute Gasteiger partial charge is 0.301 e. The number of aryl methyl sites for hydroxylation is 1. The van der Waals surface area contributed by atoms with Gasteiger partial charge in [-0.05, 0) is 78.6 Å². The minimum atomic E-state index is -0.964. The number of amides is 1. The first-order chi connectivity index (χ1) is 24.2. The highest BCUT2D eigenvalue weighted by Gasteiger charge is 2.48. The molecule has 2 heterocycles. The lowest BCUT2D eigenvalue weighted by atomic mass is 9.95. The standard InChI is InChI=1S/C38H33Cl2N3O5S2/c1-3-4-18-47-29-14-9-25(10-15-29)33-32(34(44)26-11-16-30(17-12-26)48-21-24-7-5-6-23(2)19-24)35(45)36(46)43(33)37-41-42-38(50-37)49-22-27-8-13-28(39)20-31(27)40/h5-17,19-20,33,44H,3-4,18,21-22H2,1-2H3/b34-32+. The van der Waals surface area contributed by atoms with Crippen molar-refractivity contribution in [1.82, 2.24) is 10.2 Å². The number of aliphatic hydroxyl groups is 1. The van der Waals surface area contributed by atoms with Crippen molar-refractivity contribution in [2.24, 2.45) is 0 Å². The SMILES string of the molecule is CCCCOc1ccc(C2/C(=C(\O)c3ccc(OCc4cccc(C)c4)cc3)C(=O)C(=O)N2c2nnc(SCc3ccc(Cl)cc3Cl)s2)cc1. The summed E-state index contributed by atoms with van der Waals surface area (Å²) in [5, 5.41) is 21.6. The normalized spacial score (nSPS) is 15.4. The molecule has 0 spiro atoms. The third-order valence-electron chi connectivity index (χ3n) is 7.99. The first kappa shape index (κ1) is 35.5. The number of hydrogen-bond acceptors (Lipinski definition) is 9. The third-order valence-corrected chi connectivity index (χ3v) is 10.7. The van der Waals surface area contributed by atoms with Crippen LogP contribution in [0.3, 0.4) is 0 Å². The molecule has 4 aromatic carbocycles. The Bertz CT molecular complexity index is 2030. The maximum absolute atomic E-state index is 13.7. The third kappa shape index (κ3) is 8.16. The lowest BCUT2D eigenvalue weighted by molar-refractivity contribution is -0.132. The van der Waals surface area contributed by atoms with Crippen LogP contribution in [0.2, 0.25) is 10.0 Å². The van der Waals surface area contributed by atoms with Gasteiger partial charge in [-0.25, -0.2) is 0 Å². The second kappa shape index (κ2) is 16.1. The van der Waals surface area contributed by atoms with Gasteiger partial charge in [-0.3, -0.25) is 14.5 Å². The van der Waals surface area contributed by atoms with E-state index in [1.165, 1.54) is 28.0 Å². The summed E-state index contributed by atoms with van der Waals surface area (Å²) >= 11 is 15.0. The van der Waals surface area contributed by atoms with E-state index in [2.05, 4.69) is 23.2 Å². The van der Waals surface area contributed by atoms with Gasteiger partial charge in [-0.15, -0.1) is 10.2 Å². The van der Waals surface area contributed by atoms with E-state index < -0.39 is 17.7 Å². The molecule has 256 valence electrons. The lowest BCUT2D eigenvalue weighted by Gasteiger charge is -2.22. The fourth-order valence-corrected chi connectivity index (χ4v) is 7.82. The Morgan fingerprint density at radius 1 is 0.940 bits per heavy atom. The first-order valence-corrected chi connectivity index (χ1v) is 18.5. The minimum absolute atomic E-state index is 0.0552. The number of rotatable bonds is 13. The Morgan fingerprint density at radius 3 is 2.40 bits per heavy atom. The molecule has 6 rings (SSSR count). The predicted octanol–water partition coefficient (Wildman–Crippen LogP) is 9.83. The molecule has 8 nitrogen and oxygen atoms in total. The van der Waals surface area contributed by atoms with Crippen LogP contribution in [0.5, 0.6) is 11.5 Å². The van der Waals surface area contributed by atoms with Crippen molar-refractivity contribution in [3.8, 4) is 11.5 Å². The van der Waals surface area contributed by atoms with E-state index in [-0.39, 0.29) is 16.5 Å². The van der Waals surface area contributed by atoms with Gasteiger partial charge in [0.25, 0.3) is 5.78 Å². The minimum Gasteiger partial charge on any atom is -0.507 e. The molecule has 1 unspecified atom stereocenters. The summed E-state index contributed by atoms with van der Waals surface area (Å²) in [7, 11) is 0. The molecule has 1 aliphatic rings. The lowest BCUT2D eigenvalue weighted by Crippen LogP contribution is -2.29. The molecular weight excluding hydrogens is 713 g/mol. The van der Waals surface area contributed by atoms with Gasteiger partial charge in [0, 0.05) is 21.4 Å². The monoisotopic (exact) mass is 745 g/mol. The molecule has 1 amide bonds. The van der Waals surface area contributed by atoms with Crippen molar-refractivity contribution in [1.29, 1.82) is 0 Å². The Hall–Kier alpha value is -4.35. The predicted molar refractivity (Wildman–Crippen MR) is 200 cm³/mol. The van der Waals surface area contributed by atoms with Crippen molar-refractivity contribution in [3.05, 3.63) is 134 Å². The number of anilines is 1. The summed E-state index contributed by atoms with van der Waals surface area (Å²) in [5.74, 6) is -0.189. The van der Waals surface area contributed by atoms with Crippen LogP contribution in [0.15, 0.2) is 101 Å². The van der Waals surface area contributed by atoms with Gasteiger partial charge in [-0.1, -0.05) is 108 Å². The highest BCUT2D eigenvalue weighted by Crippen LogP contribution is 2.44. The highest BCUT2D eigenvalue weighted by molar-refractivity contribution is 8.00. The topological polar surface area (TPSA) is 102 Å². The second-order valence-electron chi connectivity index (χ2n) is 11.6. The average Bonchev–Trinajstić information content (AvgIpc) is 3.68. The van der Waals surface area contributed by atoms with Gasteiger partial charge in [-0.2, -0.15) is 0 Å². The van der Waals surface area contributed by atoms with E-state index in [1.54, 1.807) is 60.7 Å². The van der Waals surface area contributed by atoms with Crippen molar-refractivity contribution in [2.45, 2.75) is 49.4 Å².